The molecule has 2 rings (SSSR count). The smallest absolute Gasteiger partial charge is 0.239 e. The van der Waals surface area contributed by atoms with Crippen LogP contribution in [0.5, 0.6) is 0 Å². The molecule has 2 aliphatic rings. The lowest BCUT2D eigenvalue weighted by Crippen LogP contribution is -2.48. The van der Waals surface area contributed by atoms with Crippen molar-refractivity contribution in [3.8, 4) is 0 Å². The molecule has 0 aromatic rings. The van der Waals surface area contributed by atoms with Gasteiger partial charge in [-0.05, 0) is 44.7 Å². The molecule has 1 saturated carbocycles. The molecule has 1 saturated heterocycles. The number of carbonyl (C=O) groups excluding carboxylic acids is 2. The number of likely N-dealkylation sites (N-methyl/N-ethyl adjacent to an activating group) is 1. The number of halogens is 1. The number of amides is 2. The highest BCUT2D eigenvalue weighted by atomic mass is 35.5. The molecule has 0 aromatic carbocycles. The molecule has 2 unspecified atom stereocenters. The van der Waals surface area contributed by atoms with Crippen LogP contribution in [0.15, 0.2) is 0 Å². The molecule has 2 amide bonds. The Morgan fingerprint density at radius 1 is 1.45 bits per heavy atom. The van der Waals surface area contributed by atoms with E-state index in [4.69, 9.17) is 5.73 Å². The van der Waals surface area contributed by atoms with E-state index in [0.717, 1.165) is 32.4 Å². The van der Waals surface area contributed by atoms with E-state index in [1.807, 2.05) is 6.92 Å². The van der Waals surface area contributed by atoms with Gasteiger partial charge in [0.05, 0.1) is 12.6 Å². The van der Waals surface area contributed by atoms with Crippen LogP contribution in [-0.2, 0) is 9.59 Å². The first-order valence-corrected chi connectivity index (χ1v) is 7.83. The first kappa shape index (κ1) is 19.2. The second kappa shape index (κ2) is 7.62. The number of rotatable bonds is 6. The number of nitrogens with one attached hydrogen (secondary N) is 1. The highest BCUT2D eigenvalue weighted by Gasteiger charge is 2.37. The van der Waals surface area contributed by atoms with Gasteiger partial charge in [-0.1, -0.05) is 6.92 Å². The molecule has 7 heteroatoms. The highest BCUT2D eigenvalue weighted by Crippen LogP contribution is 2.30. The zero-order valence-electron chi connectivity index (χ0n) is 13.8. The van der Waals surface area contributed by atoms with E-state index in [1.54, 1.807) is 7.05 Å². The average Bonchev–Trinajstić information content (AvgIpc) is 3.16. The zero-order valence-corrected chi connectivity index (χ0v) is 14.6. The van der Waals surface area contributed by atoms with E-state index in [0.29, 0.717) is 12.6 Å². The maximum Gasteiger partial charge on any atom is 0.239 e. The zero-order chi connectivity index (χ0) is 15.6. The minimum atomic E-state index is -0.197. The van der Waals surface area contributed by atoms with Crippen LogP contribution in [0.1, 0.15) is 33.1 Å². The molecule has 1 heterocycles. The molecule has 22 heavy (non-hydrogen) atoms. The predicted octanol–water partition coefficient (Wildman–Crippen LogP) is 0.204. The van der Waals surface area contributed by atoms with Gasteiger partial charge in [-0.15, -0.1) is 12.4 Å². The van der Waals surface area contributed by atoms with Crippen molar-refractivity contribution in [2.24, 2.45) is 11.1 Å². The van der Waals surface area contributed by atoms with Gasteiger partial charge < -0.3 is 16.0 Å². The quantitative estimate of drug-likeness (QED) is 0.728. The number of carbonyl (C=O) groups is 2. The average molecular weight is 333 g/mol. The summed E-state index contributed by atoms with van der Waals surface area (Å²) >= 11 is 0. The molecular formula is C15H29ClN4O2. The summed E-state index contributed by atoms with van der Waals surface area (Å²) in [6.45, 7) is 6.60. The van der Waals surface area contributed by atoms with Gasteiger partial charge in [0.15, 0.2) is 0 Å². The van der Waals surface area contributed by atoms with Crippen molar-refractivity contribution < 1.29 is 9.59 Å². The third-order valence-corrected chi connectivity index (χ3v) is 4.68. The molecule has 2 fully saturated rings. The predicted molar refractivity (Wildman–Crippen MR) is 88.9 cm³/mol. The Labute approximate surface area is 139 Å². The maximum atomic E-state index is 12.4. The van der Waals surface area contributed by atoms with Gasteiger partial charge in [-0.2, -0.15) is 0 Å². The van der Waals surface area contributed by atoms with Crippen LogP contribution in [-0.4, -0.2) is 66.9 Å². The fraction of sp³-hybridized carbons (Fsp3) is 0.867. The highest BCUT2D eigenvalue weighted by molar-refractivity contribution is 5.87. The number of hydrogen-bond donors (Lipinski definition) is 2. The van der Waals surface area contributed by atoms with E-state index < -0.39 is 0 Å². The summed E-state index contributed by atoms with van der Waals surface area (Å²) in [5.41, 5.74) is 5.92. The van der Waals surface area contributed by atoms with Crippen molar-refractivity contribution in [1.29, 1.82) is 0 Å². The van der Waals surface area contributed by atoms with Crippen molar-refractivity contribution in [3.05, 3.63) is 0 Å². The van der Waals surface area contributed by atoms with Crippen molar-refractivity contribution >= 4 is 24.2 Å². The number of nitrogens with zero attached hydrogens (tertiary/aromatic N) is 2. The Morgan fingerprint density at radius 3 is 2.59 bits per heavy atom. The maximum absolute atomic E-state index is 12.4. The standard InChI is InChI=1S/C15H28N4O2.ClH/c1-11(19-7-6-15(2,9-16)10-19)14(21)18(3)8-13(20)17-12-4-5-12;/h11-12H,4-10,16H2,1-3H3,(H,17,20);1H. The SMILES string of the molecule is CC(C(=O)N(C)CC(=O)NC1CC1)N1CCC(C)(CN)C1.Cl. The fourth-order valence-corrected chi connectivity index (χ4v) is 2.83. The minimum Gasteiger partial charge on any atom is -0.352 e. The lowest BCUT2D eigenvalue weighted by Gasteiger charge is -2.29. The number of hydrogen-bond acceptors (Lipinski definition) is 4. The fourth-order valence-electron chi connectivity index (χ4n) is 2.83. The molecule has 6 nitrogen and oxygen atoms in total. The molecule has 2 atom stereocenters. The van der Waals surface area contributed by atoms with Gasteiger partial charge in [-0.3, -0.25) is 14.5 Å². The summed E-state index contributed by atoms with van der Waals surface area (Å²) in [6.07, 6.45) is 3.14. The van der Waals surface area contributed by atoms with Gasteiger partial charge in [0.2, 0.25) is 11.8 Å². The first-order valence-electron chi connectivity index (χ1n) is 7.83. The summed E-state index contributed by atoms with van der Waals surface area (Å²) in [4.78, 5) is 27.9. The van der Waals surface area contributed by atoms with Crippen LogP contribution in [0.2, 0.25) is 0 Å². The second-order valence-electron chi connectivity index (χ2n) is 6.95. The van der Waals surface area contributed by atoms with E-state index in [2.05, 4.69) is 17.1 Å². The lowest BCUT2D eigenvalue weighted by molar-refractivity contribution is -0.138. The van der Waals surface area contributed by atoms with Crippen LogP contribution in [0.4, 0.5) is 0 Å². The van der Waals surface area contributed by atoms with Gasteiger partial charge in [-0.25, -0.2) is 0 Å². The van der Waals surface area contributed by atoms with Gasteiger partial charge in [0.1, 0.15) is 0 Å². The second-order valence-corrected chi connectivity index (χ2v) is 6.95. The van der Waals surface area contributed by atoms with Gasteiger partial charge in [0, 0.05) is 19.6 Å². The van der Waals surface area contributed by atoms with Crippen LogP contribution in [0, 0.1) is 5.41 Å². The van der Waals surface area contributed by atoms with Crippen LogP contribution in [0.25, 0.3) is 0 Å². The molecule has 128 valence electrons. The van der Waals surface area contributed by atoms with Crippen LogP contribution in [0.3, 0.4) is 0 Å². The van der Waals surface area contributed by atoms with E-state index in [9.17, 15) is 9.59 Å². The van der Waals surface area contributed by atoms with Crippen molar-refractivity contribution in [3.63, 3.8) is 0 Å². The molecule has 0 radical (unpaired) electrons. The summed E-state index contributed by atoms with van der Waals surface area (Å²) < 4.78 is 0. The monoisotopic (exact) mass is 332 g/mol. The Morgan fingerprint density at radius 2 is 2.09 bits per heavy atom. The van der Waals surface area contributed by atoms with Crippen molar-refractivity contribution in [2.75, 3.05) is 33.2 Å². The van der Waals surface area contributed by atoms with Crippen LogP contribution < -0.4 is 11.1 Å². The van der Waals surface area contributed by atoms with E-state index in [1.165, 1.54) is 4.90 Å². The van der Waals surface area contributed by atoms with Crippen LogP contribution >= 0.6 is 12.4 Å². The first-order chi connectivity index (χ1) is 9.84. The Kier molecular flexibility index (Phi) is 6.65. The Bertz CT molecular complexity index is 416. The van der Waals surface area contributed by atoms with Gasteiger partial charge >= 0.3 is 0 Å². The normalized spacial score (nSPS) is 26.2. The molecule has 1 aliphatic carbocycles. The minimum absolute atomic E-state index is 0. The van der Waals surface area contributed by atoms with Crippen molar-refractivity contribution in [2.45, 2.75) is 45.2 Å². The summed E-state index contributed by atoms with van der Waals surface area (Å²) in [5.74, 6) is -0.0593. The lowest BCUT2D eigenvalue weighted by atomic mass is 9.90. The largest absolute Gasteiger partial charge is 0.352 e. The number of nitrogens with two attached hydrogens (primary N) is 1. The molecule has 3 N–H and O–H groups in total. The molecule has 0 bridgehead atoms. The summed E-state index contributed by atoms with van der Waals surface area (Å²) in [7, 11) is 1.70. The Balaban J connectivity index is 0.00000242. The topological polar surface area (TPSA) is 78.7 Å². The molecular weight excluding hydrogens is 304 g/mol. The van der Waals surface area contributed by atoms with E-state index >= 15 is 0 Å². The third-order valence-electron chi connectivity index (χ3n) is 4.68. The summed E-state index contributed by atoms with van der Waals surface area (Å²) in [6, 6.07) is 0.138. The summed E-state index contributed by atoms with van der Waals surface area (Å²) in [5, 5.41) is 2.91. The van der Waals surface area contributed by atoms with Crippen molar-refractivity contribution in [1.82, 2.24) is 15.1 Å². The van der Waals surface area contributed by atoms with Gasteiger partial charge in [0.25, 0.3) is 0 Å². The molecule has 1 aliphatic heterocycles. The Hall–Kier alpha value is -0.850. The molecule has 0 aromatic heterocycles. The van der Waals surface area contributed by atoms with E-state index in [-0.39, 0.29) is 42.2 Å². The number of likely N-dealkylation sites (tertiary alicyclic amines) is 1. The molecule has 0 spiro atoms. The third kappa shape index (κ3) is 4.83.